The highest BCUT2D eigenvalue weighted by Gasteiger charge is 1.95. The summed E-state index contributed by atoms with van der Waals surface area (Å²) in [7, 11) is 0. The highest BCUT2D eigenvalue weighted by Crippen LogP contribution is 1.90. The molecule has 1 aliphatic rings. The monoisotopic (exact) mass is 248 g/mol. The van der Waals surface area contributed by atoms with E-state index < -0.39 is 0 Å². The van der Waals surface area contributed by atoms with Gasteiger partial charge in [-0.3, -0.25) is 0 Å². The molecule has 0 saturated carbocycles. The summed E-state index contributed by atoms with van der Waals surface area (Å²) in [4.78, 5) is 0. The fourth-order valence-electron chi connectivity index (χ4n) is 1.39. The SMILES string of the molecule is C1COCCOCCCOCCOCCOC1. The van der Waals surface area contributed by atoms with Gasteiger partial charge in [0, 0.05) is 26.4 Å². The Hall–Kier alpha value is -0.200. The maximum absolute atomic E-state index is 5.39. The molecule has 5 nitrogen and oxygen atoms in total. The van der Waals surface area contributed by atoms with Crippen molar-refractivity contribution in [3.05, 3.63) is 0 Å². The van der Waals surface area contributed by atoms with Gasteiger partial charge in [-0.05, 0) is 12.8 Å². The number of ether oxygens (including phenoxy) is 5. The molecule has 0 unspecified atom stereocenters. The van der Waals surface area contributed by atoms with Crippen molar-refractivity contribution in [2.75, 3.05) is 66.1 Å². The molecule has 0 atom stereocenters. The second-order valence-electron chi connectivity index (χ2n) is 3.77. The first-order chi connectivity index (χ1) is 8.50. The summed E-state index contributed by atoms with van der Waals surface area (Å²) in [5, 5.41) is 0. The largest absolute Gasteiger partial charge is 0.379 e. The highest BCUT2D eigenvalue weighted by molar-refractivity contribution is 4.40. The zero-order valence-corrected chi connectivity index (χ0v) is 10.5. The van der Waals surface area contributed by atoms with Crippen molar-refractivity contribution in [2.45, 2.75) is 12.8 Å². The third-order valence-corrected chi connectivity index (χ3v) is 2.27. The fraction of sp³-hybridized carbons (Fsp3) is 1.00. The van der Waals surface area contributed by atoms with Crippen LogP contribution in [0.5, 0.6) is 0 Å². The minimum Gasteiger partial charge on any atom is -0.379 e. The van der Waals surface area contributed by atoms with E-state index in [0.29, 0.717) is 39.6 Å². The summed E-state index contributed by atoms with van der Waals surface area (Å²) in [5.41, 5.74) is 0. The standard InChI is InChI=1S/C12H24O5/c1-3-13-7-8-14-4-2-6-16-10-12-17-11-9-15-5-1/h1-12H2. The molecule has 1 aliphatic heterocycles. The average Bonchev–Trinajstić information content (AvgIpc) is 2.35. The van der Waals surface area contributed by atoms with Crippen LogP contribution in [0.2, 0.25) is 0 Å². The maximum atomic E-state index is 5.39. The minimum absolute atomic E-state index is 0.632. The zero-order valence-electron chi connectivity index (χ0n) is 10.5. The van der Waals surface area contributed by atoms with Crippen molar-refractivity contribution in [1.82, 2.24) is 0 Å². The van der Waals surface area contributed by atoms with Crippen LogP contribution in [-0.4, -0.2) is 66.1 Å². The van der Waals surface area contributed by atoms with Gasteiger partial charge < -0.3 is 23.7 Å². The van der Waals surface area contributed by atoms with E-state index >= 15 is 0 Å². The Morgan fingerprint density at radius 1 is 0.294 bits per heavy atom. The van der Waals surface area contributed by atoms with Crippen molar-refractivity contribution in [3.63, 3.8) is 0 Å². The van der Waals surface area contributed by atoms with Gasteiger partial charge in [-0.25, -0.2) is 0 Å². The molecule has 5 heteroatoms. The molecule has 0 bridgehead atoms. The van der Waals surface area contributed by atoms with Gasteiger partial charge in [0.15, 0.2) is 0 Å². The van der Waals surface area contributed by atoms with Gasteiger partial charge >= 0.3 is 0 Å². The van der Waals surface area contributed by atoms with E-state index in [2.05, 4.69) is 0 Å². The second kappa shape index (κ2) is 12.3. The van der Waals surface area contributed by atoms with Gasteiger partial charge in [0.25, 0.3) is 0 Å². The lowest BCUT2D eigenvalue weighted by Gasteiger charge is -2.06. The lowest BCUT2D eigenvalue weighted by Crippen LogP contribution is -2.10. The van der Waals surface area contributed by atoms with Crippen molar-refractivity contribution < 1.29 is 23.7 Å². The molecule has 0 spiro atoms. The topological polar surface area (TPSA) is 46.2 Å². The highest BCUT2D eigenvalue weighted by atomic mass is 16.5. The number of hydrogen-bond acceptors (Lipinski definition) is 5. The fourth-order valence-corrected chi connectivity index (χ4v) is 1.39. The number of hydrogen-bond donors (Lipinski definition) is 0. The van der Waals surface area contributed by atoms with Gasteiger partial charge in [0.2, 0.25) is 0 Å². The molecule has 0 amide bonds. The summed E-state index contributed by atoms with van der Waals surface area (Å²) in [6.45, 7) is 6.77. The molecule has 0 aromatic carbocycles. The Bertz CT molecular complexity index is 84.3. The predicted molar refractivity (Wildman–Crippen MR) is 63.3 cm³/mol. The third kappa shape index (κ3) is 10.7. The summed E-state index contributed by atoms with van der Waals surface area (Å²) in [5.74, 6) is 0. The molecule has 0 aromatic heterocycles. The third-order valence-electron chi connectivity index (χ3n) is 2.27. The molecule has 17 heavy (non-hydrogen) atoms. The Labute approximate surface area is 103 Å². The molecule has 1 fully saturated rings. The molecule has 102 valence electrons. The van der Waals surface area contributed by atoms with Crippen LogP contribution in [-0.2, 0) is 23.7 Å². The van der Waals surface area contributed by atoms with E-state index in [4.69, 9.17) is 23.7 Å². The molecular weight excluding hydrogens is 224 g/mol. The molecule has 1 saturated heterocycles. The van der Waals surface area contributed by atoms with Crippen molar-refractivity contribution in [3.8, 4) is 0 Å². The van der Waals surface area contributed by atoms with Crippen LogP contribution in [0, 0.1) is 0 Å². The van der Waals surface area contributed by atoms with E-state index in [1.807, 2.05) is 0 Å². The zero-order chi connectivity index (χ0) is 12.0. The summed E-state index contributed by atoms with van der Waals surface area (Å²) in [6, 6.07) is 0. The molecular formula is C12H24O5. The number of rotatable bonds is 0. The lowest BCUT2D eigenvalue weighted by atomic mass is 10.5. The molecule has 0 radical (unpaired) electrons. The van der Waals surface area contributed by atoms with Crippen LogP contribution in [0.3, 0.4) is 0 Å². The smallest absolute Gasteiger partial charge is 0.0701 e. The van der Waals surface area contributed by atoms with Crippen LogP contribution < -0.4 is 0 Å². The van der Waals surface area contributed by atoms with Crippen molar-refractivity contribution >= 4 is 0 Å². The summed E-state index contributed by atoms with van der Waals surface area (Å²) < 4.78 is 26.9. The van der Waals surface area contributed by atoms with Crippen LogP contribution in [0.25, 0.3) is 0 Å². The van der Waals surface area contributed by atoms with Gasteiger partial charge in [-0.2, -0.15) is 0 Å². The van der Waals surface area contributed by atoms with Crippen LogP contribution >= 0.6 is 0 Å². The molecule has 0 aromatic rings. The Morgan fingerprint density at radius 3 is 0.824 bits per heavy atom. The first-order valence-electron chi connectivity index (χ1n) is 6.39. The van der Waals surface area contributed by atoms with E-state index in [9.17, 15) is 0 Å². The Kier molecular flexibility index (Phi) is 10.7. The Balaban J connectivity index is 2.01. The quantitative estimate of drug-likeness (QED) is 0.636. The molecule has 0 N–H and O–H groups in total. The van der Waals surface area contributed by atoms with Crippen LogP contribution in [0.15, 0.2) is 0 Å². The van der Waals surface area contributed by atoms with E-state index in [1.165, 1.54) is 0 Å². The van der Waals surface area contributed by atoms with E-state index in [-0.39, 0.29) is 0 Å². The Morgan fingerprint density at radius 2 is 0.529 bits per heavy atom. The average molecular weight is 248 g/mol. The summed E-state index contributed by atoms with van der Waals surface area (Å²) >= 11 is 0. The van der Waals surface area contributed by atoms with E-state index in [0.717, 1.165) is 39.3 Å². The normalized spacial score (nSPS) is 24.0. The minimum atomic E-state index is 0.632. The second-order valence-corrected chi connectivity index (χ2v) is 3.77. The van der Waals surface area contributed by atoms with Gasteiger partial charge in [0.05, 0.1) is 39.6 Å². The molecule has 1 rings (SSSR count). The van der Waals surface area contributed by atoms with Crippen molar-refractivity contribution in [2.24, 2.45) is 0 Å². The van der Waals surface area contributed by atoms with Crippen molar-refractivity contribution in [1.29, 1.82) is 0 Å². The maximum Gasteiger partial charge on any atom is 0.0701 e. The predicted octanol–water partition coefficient (Wildman–Crippen LogP) is 0.863. The first kappa shape index (κ1) is 14.9. The van der Waals surface area contributed by atoms with Gasteiger partial charge in [-0.15, -0.1) is 0 Å². The van der Waals surface area contributed by atoms with Crippen LogP contribution in [0.4, 0.5) is 0 Å². The van der Waals surface area contributed by atoms with Gasteiger partial charge in [-0.1, -0.05) is 0 Å². The van der Waals surface area contributed by atoms with Crippen LogP contribution in [0.1, 0.15) is 12.8 Å². The molecule has 0 aliphatic carbocycles. The van der Waals surface area contributed by atoms with E-state index in [1.54, 1.807) is 0 Å². The lowest BCUT2D eigenvalue weighted by molar-refractivity contribution is 0.0102. The summed E-state index contributed by atoms with van der Waals surface area (Å²) in [6.07, 6.45) is 1.84. The first-order valence-corrected chi connectivity index (χ1v) is 6.39. The molecule has 1 heterocycles. The van der Waals surface area contributed by atoms with Gasteiger partial charge in [0.1, 0.15) is 0 Å².